The van der Waals surface area contributed by atoms with E-state index in [9.17, 15) is 9.59 Å². The van der Waals surface area contributed by atoms with Crippen LogP contribution in [0.25, 0.3) is 11.3 Å². The number of methoxy groups -OCH3 is 1. The normalized spacial score (nSPS) is 10.5. The predicted octanol–water partition coefficient (Wildman–Crippen LogP) is 2.67. The topological polar surface area (TPSA) is 73.2 Å². The Labute approximate surface area is 163 Å². The van der Waals surface area contributed by atoms with E-state index in [1.165, 1.54) is 10.7 Å². The second kappa shape index (κ2) is 9.50. The molecule has 2 aromatic carbocycles. The molecule has 0 atom stereocenters. The van der Waals surface area contributed by atoms with E-state index in [1.54, 1.807) is 13.2 Å². The fraction of sp³-hybridized carbons (Fsp3) is 0.227. The molecule has 3 rings (SSSR count). The first-order valence-corrected chi connectivity index (χ1v) is 9.19. The van der Waals surface area contributed by atoms with E-state index in [0.29, 0.717) is 31.6 Å². The van der Waals surface area contributed by atoms with Crippen LogP contribution in [0.2, 0.25) is 0 Å². The lowest BCUT2D eigenvalue weighted by Gasteiger charge is -2.09. The molecule has 0 aliphatic rings. The lowest BCUT2D eigenvalue weighted by molar-refractivity contribution is -0.121. The maximum atomic E-state index is 12.1. The Morgan fingerprint density at radius 3 is 2.50 bits per heavy atom. The molecule has 1 N–H and O–H groups in total. The second-order valence-electron chi connectivity index (χ2n) is 6.34. The highest BCUT2D eigenvalue weighted by Crippen LogP contribution is 2.19. The van der Waals surface area contributed by atoms with Gasteiger partial charge in [-0.25, -0.2) is 4.68 Å². The fourth-order valence-corrected chi connectivity index (χ4v) is 2.82. The zero-order chi connectivity index (χ0) is 19.8. The van der Waals surface area contributed by atoms with Gasteiger partial charge in [-0.15, -0.1) is 0 Å². The molecule has 0 aliphatic heterocycles. The van der Waals surface area contributed by atoms with Crippen LogP contribution in [0, 0.1) is 0 Å². The van der Waals surface area contributed by atoms with Gasteiger partial charge in [-0.2, -0.15) is 5.10 Å². The van der Waals surface area contributed by atoms with Crippen LogP contribution in [-0.2, 0) is 17.8 Å². The first kappa shape index (κ1) is 19.4. The van der Waals surface area contributed by atoms with Crippen molar-refractivity contribution >= 4 is 5.91 Å². The summed E-state index contributed by atoms with van der Waals surface area (Å²) in [5.41, 5.74) is 2.51. The molecule has 6 heteroatoms. The molecule has 6 nitrogen and oxygen atoms in total. The van der Waals surface area contributed by atoms with Gasteiger partial charge in [0.25, 0.3) is 5.56 Å². The highest BCUT2D eigenvalue weighted by molar-refractivity contribution is 5.76. The van der Waals surface area contributed by atoms with Gasteiger partial charge in [-0.1, -0.05) is 30.3 Å². The van der Waals surface area contributed by atoms with Crippen LogP contribution >= 0.6 is 0 Å². The maximum absolute atomic E-state index is 12.1. The molecule has 1 aromatic heterocycles. The van der Waals surface area contributed by atoms with Crippen molar-refractivity contribution in [3.8, 4) is 17.0 Å². The fourth-order valence-electron chi connectivity index (χ4n) is 2.82. The molecule has 0 saturated heterocycles. The zero-order valence-electron chi connectivity index (χ0n) is 15.8. The van der Waals surface area contributed by atoms with Crippen molar-refractivity contribution in [2.45, 2.75) is 19.4 Å². The number of nitrogens with one attached hydrogen (secondary N) is 1. The number of aryl methyl sites for hydroxylation is 1. The lowest BCUT2D eigenvalue weighted by atomic mass is 10.1. The average molecular weight is 377 g/mol. The van der Waals surface area contributed by atoms with Crippen LogP contribution in [-0.4, -0.2) is 29.3 Å². The third-order valence-electron chi connectivity index (χ3n) is 4.38. The Kier molecular flexibility index (Phi) is 6.57. The van der Waals surface area contributed by atoms with Crippen LogP contribution in [0.3, 0.4) is 0 Å². The first-order valence-electron chi connectivity index (χ1n) is 9.19. The van der Waals surface area contributed by atoms with Crippen molar-refractivity contribution in [2.24, 2.45) is 0 Å². The lowest BCUT2D eigenvalue weighted by Crippen LogP contribution is -2.32. The third kappa shape index (κ3) is 5.30. The van der Waals surface area contributed by atoms with Gasteiger partial charge in [0.1, 0.15) is 5.75 Å². The van der Waals surface area contributed by atoms with Gasteiger partial charge in [-0.05, 0) is 42.3 Å². The van der Waals surface area contributed by atoms with Crippen molar-refractivity contribution < 1.29 is 9.53 Å². The van der Waals surface area contributed by atoms with Gasteiger partial charge in [0.05, 0.1) is 19.3 Å². The van der Waals surface area contributed by atoms with Crippen LogP contribution in [0.1, 0.15) is 12.0 Å². The molecular weight excluding hydrogens is 354 g/mol. The van der Waals surface area contributed by atoms with Gasteiger partial charge in [0.15, 0.2) is 0 Å². The van der Waals surface area contributed by atoms with Crippen LogP contribution in [0.4, 0.5) is 0 Å². The second-order valence-corrected chi connectivity index (χ2v) is 6.34. The number of amides is 1. The molecule has 3 aromatic rings. The smallest absolute Gasteiger partial charge is 0.266 e. The largest absolute Gasteiger partial charge is 0.497 e. The number of nitrogens with zero attached hydrogens (tertiary/aromatic N) is 2. The summed E-state index contributed by atoms with van der Waals surface area (Å²) in [5, 5.41) is 7.25. The molecule has 0 fully saturated rings. The molecule has 0 unspecified atom stereocenters. The summed E-state index contributed by atoms with van der Waals surface area (Å²) in [5.74, 6) is 0.721. The first-order chi connectivity index (χ1) is 13.7. The number of rotatable bonds is 8. The molecule has 0 aliphatic carbocycles. The van der Waals surface area contributed by atoms with Crippen LogP contribution in [0.15, 0.2) is 71.5 Å². The molecule has 0 radical (unpaired) electrons. The molecule has 144 valence electrons. The molecular formula is C22H23N3O3. The summed E-state index contributed by atoms with van der Waals surface area (Å²) in [7, 11) is 1.61. The minimum atomic E-state index is -0.198. The number of hydrogen-bond donors (Lipinski definition) is 1. The summed E-state index contributed by atoms with van der Waals surface area (Å²) in [6.45, 7) is 0.673. The number of carbonyl (C=O) groups is 1. The molecule has 28 heavy (non-hydrogen) atoms. The van der Waals surface area contributed by atoms with E-state index in [0.717, 1.165) is 16.9 Å². The minimum Gasteiger partial charge on any atom is -0.497 e. The highest BCUT2D eigenvalue weighted by atomic mass is 16.5. The zero-order valence-corrected chi connectivity index (χ0v) is 15.8. The Hall–Kier alpha value is -3.41. The van der Waals surface area contributed by atoms with E-state index in [1.807, 2.05) is 54.6 Å². The third-order valence-corrected chi connectivity index (χ3v) is 4.38. The Morgan fingerprint density at radius 2 is 1.79 bits per heavy atom. The summed E-state index contributed by atoms with van der Waals surface area (Å²) >= 11 is 0. The number of hydrogen-bond acceptors (Lipinski definition) is 4. The molecule has 0 bridgehead atoms. The Balaban J connectivity index is 1.55. The van der Waals surface area contributed by atoms with Gasteiger partial charge < -0.3 is 10.1 Å². The Bertz CT molecular complexity index is 966. The van der Waals surface area contributed by atoms with Crippen molar-refractivity contribution in [3.05, 3.63) is 82.6 Å². The number of benzene rings is 2. The highest BCUT2D eigenvalue weighted by Gasteiger charge is 2.06. The van der Waals surface area contributed by atoms with Gasteiger partial charge in [0.2, 0.25) is 5.91 Å². The van der Waals surface area contributed by atoms with E-state index >= 15 is 0 Å². The molecule has 1 heterocycles. The summed E-state index contributed by atoms with van der Waals surface area (Å²) in [4.78, 5) is 24.1. The molecule has 1 amide bonds. The van der Waals surface area contributed by atoms with Crippen molar-refractivity contribution in [3.63, 3.8) is 0 Å². The Morgan fingerprint density at radius 1 is 1.04 bits per heavy atom. The van der Waals surface area contributed by atoms with Crippen LogP contribution < -0.4 is 15.6 Å². The van der Waals surface area contributed by atoms with Crippen molar-refractivity contribution in [2.75, 3.05) is 13.7 Å². The predicted molar refractivity (Wildman–Crippen MR) is 108 cm³/mol. The summed E-state index contributed by atoms with van der Waals surface area (Å²) < 4.78 is 6.53. The van der Waals surface area contributed by atoms with E-state index in [-0.39, 0.29) is 11.5 Å². The van der Waals surface area contributed by atoms with Crippen LogP contribution in [0.5, 0.6) is 5.75 Å². The number of aromatic nitrogens is 2. The minimum absolute atomic E-state index is 0.0387. The SMILES string of the molecule is COc1ccc(-c2ccc(=O)n(CCNC(=O)CCc3ccccc3)n2)cc1. The monoisotopic (exact) mass is 377 g/mol. The van der Waals surface area contributed by atoms with Gasteiger partial charge in [0, 0.05) is 24.6 Å². The van der Waals surface area contributed by atoms with E-state index in [4.69, 9.17) is 4.74 Å². The van der Waals surface area contributed by atoms with Gasteiger partial charge in [-0.3, -0.25) is 9.59 Å². The number of ether oxygens (including phenoxy) is 1. The average Bonchev–Trinajstić information content (AvgIpc) is 2.74. The van der Waals surface area contributed by atoms with Crippen molar-refractivity contribution in [1.29, 1.82) is 0 Å². The van der Waals surface area contributed by atoms with Gasteiger partial charge >= 0.3 is 0 Å². The maximum Gasteiger partial charge on any atom is 0.266 e. The summed E-state index contributed by atoms with van der Waals surface area (Å²) in [6.07, 6.45) is 1.11. The standard InChI is InChI=1S/C22H23N3O3/c1-28-19-10-8-18(9-11-19)20-12-14-22(27)25(24-20)16-15-23-21(26)13-7-17-5-3-2-4-6-17/h2-6,8-12,14H,7,13,15-16H2,1H3,(H,23,26). The van der Waals surface area contributed by atoms with E-state index < -0.39 is 0 Å². The summed E-state index contributed by atoms with van der Waals surface area (Å²) in [6, 6.07) is 20.5. The van der Waals surface area contributed by atoms with E-state index in [2.05, 4.69) is 10.4 Å². The molecule has 0 spiro atoms. The molecule has 0 saturated carbocycles. The quantitative estimate of drug-likeness (QED) is 0.655. The van der Waals surface area contributed by atoms with Crippen molar-refractivity contribution in [1.82, 2.24) is 15.1 Å². The number of carbonyl (C=O) groups excluding carboxylic acids is 1.